The zero-order valence-corrected chi connectivity index (χ0v) is 11.3. The standard InChI is InChI=1S/C12H17N3O2S/c1-9-7-11(8-13)3-4-12(9)18(16,17)15-6-5-10(2)14/h3-4,7,10,15H,5-6,14H2,1-2H3. The van der Waals surface area contributed by atoms with Gasteiger partial charge in [0.15, 0.2) is 0 Å². The van der Waals surface area contributed by atoms with E-state index in [2.05, 4.69) is 4.72 Å². The van der Waals surface area contributed by atoms with E-state index in [4.69, 9.17) is 11.0 Å². The van der Waals surface area contributed by atoms with Crippen molar-refractivity contribution in [3.8, 4) is 6.07 Å². The van der Waals surface area contributed by atoms with Crippen molar-refractivity contribution in [1.82, 2.24) is 4.72 Å². The van der Waals surface area contributed by atoms with Crippen LogP contribution in [0.15, 0.2) is 23.1 Å². The van der Waals surface area contributed by atoms with Crippen LogP contribution >= 0.6 is 0 Å². The Morgan fingerprint density at radius 1 is 1.50 bits per heavy atom. The van der Waals surface area contributed by atoms with Crippen LogP contribution in [0.3, 0.4) is 0 Å². The fourth-order valence-electron chi connectivity index (χ4n) is 1.52. The Balaban J connectivity index is 2.89. The van der Waals surface area contributed by atoms with E-state index in [1.807, 2.05) is 13.0 Å². The van der Waals surface area contributed by atoms with Crippen molar-refractivity contribution in [1.29, 1.82) is 5.26 Å². The molecule has 0 saturated heterocycles. The fourth-order valence-corrected chi connectivity index (χ4v) is 2.79. The predicted molar refractivity (Wildman–Crippen MR) is 69.3 cm³/mol. The lowest BCUT2D eigenvalue weighted by Gasteiger charge is -2.10. The third-order valence-corrected chi connectivity index (χ3v) is 4.11. The average Bonchev–Trinajstić information content (AvgIpc) is 2.27. The number of benzene rings is 1. The molecule has 98 valence electrons. The van der Waals surface area contributed by atoms with Crippen LogP contribution in [0.1, 0.15) is 24.5 Å². The summed E-state index contributed by atoms with van der Waals surface area (Å²) in [5, 5.41) is 8.73. The highest BCUT2D eigenvalue weighted by Gasteiger charge is 2.16. The second-order valence-corrected chi connectivity index (χ2v) is 5.99. The molecule has 0 saturated carbocycles. The summed E-state index contributed by atoms with van der Waals surface area (Å²) in [6, 6.07) is 6.42. The maximum Gasteiger partial charge on any atom is 0.240 e. The van der Waals surface area contributed by atoms with Gasteiger partial charge >= 0.3 is 0 Å². The summed E-state index contributed by atoms with van der Waals surface area (Å²) in [4.78, 5) is 0.200. The predicted octanol–water partition coefficient (Wildman–Crippen LogP) is 0.882. The molecule has 0 amide bonds. The van der Waals surface area contributed by atoms with Crippen LogP contribution in [-0.4, -0.2) is 21.0 Å². The monoisotopic (exact) mass is 267 g/mol. The maximum absolute atomic E-state index is 12.0. The van der Waals surface area contributed by atoms with Crippen LogP contribution in [0.25, 0.3) is 0 Å². The molecule has 6 heteroatoms. The molecule has 0 aliphatic rings. The minimum absolute atomic E-state index is 0.0465. The highest BCUT2D eigenvalue weighted by molar-refractivity contribution is 7.89. The van der Waals surface area contributed by atoms with Gasteiger partial charge in [0.2, 0.25) is 10.0 Å². The third kappa shape index (κ3) is 3.81. The van der Waals surface area contributed by atoms with Crippen LogP contribution in [0.2, 0.25) is 0 Å². The second-order valence-electron chi connectivity index (χ2n) is 4.26. The third-order valence-electron chi connectivity index (χ3n) is 2.49. The summed E-state index contributed by atoms with van der Waals surface area (Å²) in [5.41, 5.74) is 6.56. The number of nitrogens with one attached hydrogen (secondary N) is 1. The molecule has 1 unspecified atom stereocenters. The van der Waals surface area contributed by atoms with Gasteiger partial charge in [-0.2, -0.15) is 5.26 Å². The normalized spacial score (nSPS) is 13.0. The second kappa shape index (κ2) is 5.96. The number of nitrogens with two attached hydrogens (primary N) is 1. The van der Waals surface area contributed by atoms with Gasteiger partial charge in [0.25, 0.3) is 0 Å². The van der Waals surface area contributed by atoms with E-state index >= 15 is 0 Å². The largest absolute Gasteiger partial charge is 0.328 e. The molecule has 0 fully saturated rings. The summed E-state index contributed by atoms with van der Waals surface area (Å²) < 4.78 is 26.5. The van der Waals surface area contributed by atoms with Crippen molar-refractivity contribution >= 4 is 10.0 Å². The van der Waals surface area contributed by atoms with E-state index in [1.54, 1.807) is 13.0 Å². The molecule has 0 radical (unpaired) electrons. The van der Waals surface area contributed by atoms with Gasteiger partial charge in [-0.3, -0.25) is 0 Å². The molecule has 0 spiro atoms. The molecule has 5 nitrogen and oxygen atoms in total. The first kappa shape index (κ1) is 14.6. The van der Waals surface area contributed by atoms with Crippen LogP contribution in [-0.2, 0) is 10.0 Å². The molecule has 0 heterocycles. The lowest BCUT2D eigenvalue weighted by molar-refractivity contribution is 0.571. The first-order chi connectivity index (χ1) is 8.36. The van der Waals surface area contributed by atoms with Crippen LogP contribution in [0.4, 0.5) is 0 Å². The molecule has 3 N–H and O–H groups in total. The van der Waals surface area contributed by atoms with Gasteiger partial charge in [0, 0.05) is 12.6 Å². The number of hydrogen-bond acceptors (Lipinski definition) is 4. The molecule has 18 heavy (non-hydrogen) atoms. The molecule has 1 aromatic carbocycles. The van der Waals surface area contributed by atoms with Crippen molar-refractivity contribution in [2.75, 3.05) is 6.54 Å². The van der Waals surface area contributed by atoms with Crippen LogP contribution < -0.4 is 10.5 Å². The number of hydrogen-bond donors (Lipinski definition) is 2. The van der Waals surface area contributed by atoms with Crippen molar-refractivity contribution < 1.29 is 8.42 Å². The van der Waals surface area contributed by atoms with Gasteiger partial charge < -0.3 is 5.73 Å². The summed E-state index contributed by atoms with van der Waals surface area (Å²) in [7, 11) is -3.53. The minimum Gasteiger partial charge on any atom is -0.328 e. The van der Waals surface area contributed by atoms with E-state index in [0.717, 1.165) is 0 Å². The van der Waals surface area contributed by atoms with E-state index in [-0.39, 0.29) is 10.9 Å². The Labute approximate surface area is 108 Å². The zero-order valence-electron chi connectivity index (χ0n) is 10.5. The van der Waals surface area contributed by atoms with E-state index in [0.29, 0.717) is 24.1 Å². The van der Waals surface area contributed by atoms with Crippen LogP contribution in [0.5, 0.6) is 0 Å². The molecule has 1 atom stereocenters. The molecule has 1 rings (SSSR count). The topological polar surface area (TPSA) is 96.0 Å². The Morgan fingerprint density at radius 2 is 2.17 bits per heavy atom. The highest BCUT2D eigenvalue weighted by atomic mass is 32.2. The van der Waals surface area contributed by atoms with Crippen molar-refractivity contribution in [2.24, 2.45) is 5.73 Å². The van der Waals surface area contributed by atoms with Gasteiger partial charge in [-0.05, 0) is 44.0 Å². The number of sulfonamides is 1. The molecule has 1 aromatic rings. The summed E-state index contributed by atoms with van der Waals surface area (Å²) >= 11 is 0. The van der Waals surface area contributed by atoms with Crippen LogP contribution in [0, 0.1) is 18.3 Å². The Morgan fingerprint density at radius 3 is 2.67 bits per heavy atom. The highest BCUT2D eigenvalue weighted by Crippen LogP contribution is 2.16. The van der Waals surface area contributed by atoms with Crippen molar-refractivity contribution in [3.05, 3.63) is 29.3 Å². The summed E-state index contributed by atoms with van der Waals surface area (Å²) in [6.45, 7) is 3.79. The number of aryl methyl sites for hydroxylation is 1. The first-order valence-corrected chi connectivity index (χ1v) is 7.11. The maximum atomic E-state index is 12.0. The molecule has 0 aromatic heterocycles. The van der Waals surface area contributed by atoms with E-state index in [1.165, 1.54) is 12.1 Å². The number of rotatable bonds is 5. The van der Waals surface area contributed by atoms with Gasteiger partial charge in [-0.25, -0.2) is 13.1 Å². The Bertz CT molecular complexity index is 559. The molecule has 0 bridgehead atoms. The fraction of sp³-hybridized carbons (Fsp3) is 0.417. The molecular weight excluding hydrogens is 250 g/mol. The number of nitrogens with zero attached hydrogens (tertiary/aromatic N) is 1. The van der Waals surface area contributed by atoms with Gasteiger partial charge in [0.1, 0.15) is 0 Å². The average molecular weight is 267 g/mol. The van der Waals surface area contributed by atoms with Gasteiger partial charge in [-0.1, -0.05) is 0 Å². The van der Waals surface area contributed by atoms with Gasteiger partial charge in [0.05, 0.1) is 16.5 Å². The quantitative estimate of drug-likeness (QED) is 0.827. The Hall–Kier alpha value is -1.42. The summed E-state index contributed by atoms with van der Waals surface area (Å²) in [6.07, 6.45) is 0.578. The molecular formula is C12H17N3O2S. The van der Waals surface area contributed by atoms with Crippen molar-refractivity contribution in [2.45, 2.75) is 31.2 Å². The lowest BCUT2D eigenvalue weighted by Crippen LogP contribution is -2.29. The van der Waals surface area contributed by atoms with E-state index in [9.17, 15) is 8.42 Å². The van der Waals surface area contributed by atoms with Gasteiger partial charge in [-0.15, -0.1) is 0 Å². The minimum atomic E-state index is -3.53. The summed E-state index contributed by atoms with van der Waals surface area (Å²) in [5.74, 6) is 0. The molecule has 0 aliphatic heterocycles. The SMILES string of the molecule is Cc1cc(C#N)ccc1S(=O)(=O)NCCC(C)N. The lowest BCUT2D eigenvalue weighted by atomic mass is 10.2. The van der Waals surface area contributed by atoms with Crippen molar-refractivity contribution in [3.63, 3.8) is 0 Å². The zero-order chi connectivity index (χ0) is 13.8. The Kier molecular flexibility index (Phi) is 4.84. The first-order valence-electron chi connectivity index (χ1n) is 5.63. The van der Waals surface area contributed by atoms with E-state index < -0.39 is 10.0 Å². The number of nitriles is 1. The molecule has 0 aliphatic carbocycles. The smallest absolute Gasteiger partial charge is 0.240 e.